The third-order valence-corrected chi connectivity index (χ3v) is 13.6. The summed E-state index contributed by atoms with van der Waals surface area (Å²) in [5.41, 5.74) is 2.23. The van der Waals surface area contributed by atoms with Crippen molar-refractivity contribution in [3.05, 3.63) is 92.7 Å². The molecule has 3 aliphatic heterocycles. The molecule has 0 radical (unpaired) electrons. The standard InChI is InChI=1S/C47H51ClN8O5/c1-46(2)44(47(3,4)45(46)61-35-13-11-33(27-49)37(48)26-35)51-41(58)32-9-7-29(8-10-32)5-6-30-17-21-54(22-18-30)28-31-19-23-55(24-20-31)34-12-14-38-36(25-34)43(60)56(53-52-38)39-15-16-40(57)50-42(39)59/h7-14,25-26,30-31,39,44-45H,15-24,28H2,1-4H3,(H,51,58)(H,50,57,59). The highest BCUT2D eigenvalue weighted by Gasteiger charge is 2.64. The van der Waals surface area contributed by atoms with Gasteiger partial charge in [0.2, 0.25) is 5.91 Å². The van der Waals surface area contributed by atoms with E-state index in [0.717, 1.165) is 74.3 Å². The van der Waals surface area contributed by atoms with Gasteiger partial charge in [-0.25, -0.2) is 0 Å². The lowest BCUT2D eigenvalue weighted by molar-refractivity contribution is -0.164. The van der Waals surface area contributed by atoms with Gasteiger partial charge in [-0.3, -0.25) is 24.5 Å². The number of nitriles is 1. The third-order valence-electron chi connectivity index (χ3n) is 13.3. The third kappa shape index (κ3) is 8.59. The molecule has 14 heteroatoms. The zero-order chi connectivity index (χ0) is 43.1. The van der Waals surface area contributed by atoms with E-state index in [0.29, 0.717) is 44.6 Å². The van der Waals surface area contributed by atoms with Crippen LogP contribution in [0.4, 0.5) is 5.69 Å². The first-order valence-electron chi connectivity index (χ1n) is 21.2. The van der Waals surface area contributed by atoms with Crippen LogP contribution in [0.25, 0.3) is 10.9 Å². The van der Waals surface area contributed by atoms with E-state index in [1.165, 1.54) is 0 Å². The Morgan fingerprint density at radius 3 is 2.33 bits per heavy atom. The molecule has 3 saturated heterocycles. The largest absolute Gasteiger partial charge is 0.489 e. The van der Waals surface area contributed by atoms with Gasteiger partial charge in [0.25, 0.3) is 17.4 Å². The Balaban J connectivity index is 0.786. The van der Waals surface area contributed by atoms with Crippen molar-refractivity contribution in [1.29, 1.82) is 5.26 Å². The number of halogens is 1. The van der Waals surface area contributed by atoms with Crippen LogP contribution in [0.3, 0.4) is 0 Å². The summed E-state index contributed by atoms with van der Waals surface area (Å²) < 4.78 is 7.48. The molecular weight excluding hydrogens is 792 g/mol. The number of carbonyl (C=O) groups is 3. The molecule has 1 atom stereocenters. The van der Waals surface area contributed by atoms with E-state index in [9.17, 15) is 24.4 Å². The number of rotatable bonds is 8. The van der Waals surface area contributed by atoms with Crippen molar-refractivity contribution in [3.63, 3.8) is 0 Å². The fraction of sp³-hybridized carbons (Fsp3) is 0.468. The van der Waals surface area contributed by atoms with Crippen LogP contribution in [0.15, 0.2) is 65.5 Å². The molecule has 1 aliphatic carbocycles. The number of ether oxygens (including phenoxy) is 1. The summed E-state index contributed by atoms with van der Waals surface area (Å²) in [4.78, 5) is 55.8. The molecule has 3 amide bonds. The van der Waals surface area contributed by atoms with Crippen LogP contribution in [-0.2, 0) is 9.59 Å². The van der Waals surface area contributed by atoms with Gasteiger partial charge in [-0.2, -0.15) is 9.94 Å². The fourth-order valence-electron chi connectivity index (χ4n) is 10.1. The molecule has 1 saturated carbocycles. The average molecular weight is 843 g/mol. The second-order valence-electron chi connectivity index (χ2n) is 18.2. The molecule has 8 rings (SSSR count). The summed E-state index contributed by atoms with van der Waals surface area (Å²) in [6, 6.07) is 19.3. The van der Waals surface area contributed by atoms with Crippen LogP contribution >= 0.6 is 11.6 Å². The quantitative estimate of drug-likeness (QED) is 0.162. The molecule has 0 bridgehead atoms. The van der Waals surface area contributed by atoms with Crippen LogP contribution in [0.1, 0.15) is 93.7 Å². The Kier molecular flexibility index (Phi) is 11.7. The first kappa shape index (κ1) is 42.0. The summed E-state index contributed by atoms with van der Waals surface area (Å²) in [5.74, 6) is 7.37. The second kappa shape index (κ2) is 16.9. The lowest BCUT2D eigenvalue weighted by Crippen LogP contribution is -2.74. The second-order valence-corrected chi connectivity index (χ2v) is 18.6. The Morgan fingerprint density at radius 2 is 1.66 bits per heavy atom. The predicted octanol–water partition coefficient (Wildman–Crippen LogP) is 5.89. The first-order valence-corrected chi connectivity index (χ1v) is 21.6. The Labute approximate surface area is 360 Å². The van der Waals surface area contributed by atoms with E-state index < -0.39 is 11.9 Å². The summed E-state index contributed by atoms with van der Waals surface area (Å²) in [6.45, 7) is 13.2. The molecule has 4 fully saturated rings. The molecule has 4 aromatic rings. The van der Waals surface area contributed by atoms with Gasteiger partial charge in [-0.15, -0.1) is 5.10 Å². The summed E-state index contributed by atoms with van der Waals surface area (Å²) in [5, 5.41) is 23.7. The minimum Gasteiger partial charge on any atom is -0.489 e. The molecule has 4 aliphatic rings. The zero-order valence-electron chi connectivity index (χ0n) is 35.0. The number of nitrogens with zero attached hydrogens (tertiary/aromatic N) is 6. The number of benzene rings is 3. The normalized spacial score (nSPS) is 23.0. The Bertz CT molecular complexity index is 2500. The van der Waals surface area contributed by atoms with Crippen LogP contribution in [0.2, 0.25) is 5.02 Å². The van der Waals surface area contributed by atoms with E-state index in [1.807, 2.05) is 42.5 Å². The number of aromatic nitrogens is 3. The van der Waals surface area contributed by atoms with E-state index >= 15 is 0 Å². The number of anilines is 1. The van der Waals surface area contributed by atoms with E-state index in [2.05, 4.69) is 76.4 Å². The average Bonchev–Trinajstić information content (AvgIpc) is 3.25. The number of nitrogens with one attached hydrogen (secondary N) is 2. The molecule has 4 heterocycles. The van der Waals surface area contributed by atoms with Gasteiger partial charge < -0.3 is 19.9 Å². The molecule has 2 N–H and O–H groups in total. The SMILES string of the molecule is CC1(C)C(NC(=O)c2ccc(C#CC3CCN(CC4CCN(c5ccc6nnn(C7CCC(=O)NC7=O)c(=O)c6c5)CC4)CC3)cc2)C(C)(C)C1Oc1ccc(C#N)c(Cl)c1. The van der Waals surface area contributed by atoms with Gasteiger partial charge in [0.05, 0.1) is 16.0 Å². The van der Waals surface area contributed by atoms with Crippen molar-refractivity contribution in [3.8, 4) is 23.7 Å². The number of hydrogen-bond acceptors (Lipinski definition) is 10. The lowest BCUT2D eigenvalue weighted by atomic mass is 9.49. The summed E-state index contributed by atoms with van der Waals surface area (Å²) >= 11 is 6.25. The lowest BCUT2D eigenvalue weighted by Gasteiger charge is -2.63. The Morgan fingerprint density at radius 1 is 0.934 bits per heavy atom. The van der Waals surface area contributed by atoms with Gasteiger partial charge in [0.15, 0.2) is 0 Å². The summed E-state index contributed by atoms with van der Waals surface area (Å²) in [7, 11) is 0. The van der Waals surface area contributed by atoms with Gasteiger partial charge in [-0.05, 0) is 106 Å². The van der Waals surface area contributed by atoms with Crippen LogP contribution < -0.4 is 25.8 Å². The zero-order valence-corrected chi connectivity index (χ0v) is 35.8. The number of amides is 3. The maximum Gasteiger partial charge on any atom is 0.278 e. The number of carbonyl (C=O) groups excluding carboxylic acids is 3. The first-order chi connectivity index (χ1) is 29.2. The van der Waals surface area contributed by atoms with Gasteiger partial charge in [0.1, 0.15) is 29.5 Å². The molecule has 0 spiro atoms. The fourth-order valence-corrected chi connectivity index (χ4v) is 10.3. The van der Waals surface area contributed by atoms with Crippen LogP contribution in [0, 0.1) is 45.8 Å². The van der Waals surface area contributed by atoms with Gasteiger partial charge >= 0.3 is 0 Å². The van der Waals surface area contributed by atoms with Crippen molar-refractivity contribution in [1.82, 2.24) is 30.5 Å². The van der Waals surface area contributed by atoms with Crippen molar-refractivity contribution < 1.29 is 19.1 Å². The monoisotopic (exact) mass is 842 g/mol. The van der Waals surface area contributed by atoms with E-state index in [1.54, 1.807) is 18.2 Å². The maximum atomic E-state index is 13.4. The molecule has 13 nitrogen and oxygen atoms in total. The maximum absolute atomic E-state index is 13.4. The Hall–Kier alpha value is -5.76. The van der Waals surface area contributed by atoms with Crippen molar-refractivity contribution in [2.45, 2.75) is 84.4 Å². The van der Waals surface area contributed by atoms with Gasteiger partial charge in [-0.1, -0.05) is 56.4 Å². The smallest absolute Gasteiger partial charge is 0.278 e. The minimum absolute atomic E-state index is 0.130. The summed E-state index contributed by atoms with van der Waals surface area (Å²) in [6.07, 6.45) is 4.36. The van der Waals surface area contributed by atoms with Gasteiger partial charge in [0, 0.05) is 71.7 Å². The topological polar surface area (TPSA) is 163 Å². The van der Waals surface area contributed by atoms with Crippen molar-refractivity contribution in [2.75, 3.05) is 37.6 Å². The molecule has 61 heavy (non-hydrogen) atoms. The highest BCUT2D eigenvalue weighted by Crippen LogP contribution is 2.55. The predicted molar refractivity (Wildman–Crippen MR) is 232 cm³/mol. The molecule has 1 aromatic heterocycles. The number of fused-ring (bicyclic) bond motifs is 1. The minimum atomic E-state index is -0.848. The molecular formula is C47H51ClN8O5. The van der Waals surface area contributed by atoms with Crippen LogP contribution in [0.5, 0.6) is 5.75 Å². The number of likely N-dealkylation sites (tertiary alicyclic amines) is 1. The number of piperidine rings is 3. The van der Waals surface area contributed by atoms with Crippen molar-refractivity contribution in [2.24, 2.45) is 22.7 Å². The van der Waals surface area contributed by atoms with Crippen molar-refractivity contribution >= 4 is 45.9 Å². The molecule has 1 unspecified atom stereocenters. The highest BCUT2D eigenvalue weighted by molar-refractivity contribution is 6.31. The number of imide groups is 1. The van der Waals surface area contributed by atoms with E-state index in [-0.39, 0.29) is 53.2 Å². The highest BCUT2D eigenvalue weighted by atomic mass is 35.5. The van der Waals surface area contributed by atoms with E-state index in [4.69, 9.17) is 16.3 Å². The molecule has 3 aromatic carbocycles. The van der Waals surface area contributed by atoms with Crippen LogP contribution in [-0.4, -0.2) is 82.5 Å². The number of hydrogen-bond donors (Lipinski definition) is 2. The molecule has 316 valence electrons.